The highest BCUT2D eigenvalue weighted by molar-refractivity contribution is 5.94. The van der Waals surface area contributed by atoms with Gasteiger partial charge in [0.05, 0.1) is 17.9 Å². The average molecular weight is 435 g/mol. The van der Waals surface area contributed by atoms with Gasteiger partial charge in [0.2, 0.25) is 0 Å². The van der Waals surface area contributed by atoms with Crippen LogP contribution in [-0.2, 0) is 11.3 Å². The minimum Gasteiger partial charge on any atom is -0.372 e. The fraction of sp³-hybridized carbons (Fsp3) is 0.400. The molecule has 3 aromatic rings. The first-order chi connectivity index (χ1) is 15.3. The summed E-state index contributed by atoms with van der Waals surface area (Å²) in [5.74, 6) is -0.198. The molecule has 1 aliphatic rings. The number of morpholine rings is 1. The van der Waals surface area contributed by atoms with Crippen molar-refractivity contribution in [3.8, 4) is 11.1 Å². The molecule has 0 unspecified atom stereocenters. The first-order valence-electron chi connectivity index (χ1n) is 11.0. The van der Waals surface area contributed by atoms with Crippen LogP contribution in [0.2, 0.25) is 0 Å². The third-order valence-electron chi connectivity index (χ3n) is 5.70. The Morgan fingerprint density at radius 3 is 2.41 bits per heavy atom. The van der Waals surface area contributed by atoms with Gasteiger partial charge in [0.1, 0.15) is 11.8 Å². The van der Waals surface area contributed by atoms with Crippen LogP contribution in [0.15, 0.2) is 41.1 Å². The molecule has 7 nitrogen and oxygen atoms in total. The summed E-state index contributed by atoms with van der Waals surface area (Å²) >= 11 is 0. The van der Waals surface area contributed by atoms with Crippen molar-refractivity contribution in [2.75, 3.05) is 18.0 Å². The molecule has 0 spiro atoms. The standard InChI is InChI=1S/C25H30N4O3/c1-15-8-20(9-16(2)27-15)23-7-6-22(29-12-17(3)32-18(4)13-29)10-21(23)11-26-25(30)24-14-31-28-19(24)5/h6-10,14,17-18H,11-13H2,1-5H3,(H,26,30)/t17-,18+. The summed E-state index contributed by atoms with van der Waals surface area (Å²) in [6, 6.07) is 10.6. The second-order valence-corrected chi connectivity index (χ2v) is 8.64. The molecule has 0 bridgehead atoms. The van der Waals surface area contributed by atoms with E-state index in [9.17, 15) is 4.79 Å². The summed E-state index contributed by atoms with van der Waals surface area (Å²) in [5.41, 5.74) is 7.31. The first kappa shape index (κ1) is 22.0. The van der Waals surface area contributed by atoms with Crippen LogP contribution in [0.4, 0.5) is 5.69 Å². The molecule has 0 aliphatic carbocycles. The van der Waals surface area contributed by atoms with Gasteiger partial charge in [-0.25, -0.2) is 0 Å². The Labute approximate surface area is 188 Å². The van der Waals surface area contributed by atoms with Crippen molar-refractivity contribution in [2.24, 2.45) is 0 Å². The van der Waals surface area contributed by atoms with Gasteiger partial charge in [0.25, 0.3) is 5.91 Å². The van der Waals surface area contributed by atoms with Gasteiger partial charge in [-0.05, 0) is 75.6 Å². The van der Waals surface area contributed by atoms with E-state index in [0.29, 0.717) is 17.8 Å². The molecular formula is C25H30N4O3. The number of aromatic nitrogens is 2. The van der Waals surface area contributed by atoms with E-state index in [1.54, 1.807) is 6.92 Å². The maximum Gasteiger partial charge on any atom is 0.256 e. The number of carbonyl (C=O) groups excluding carboxylic acids is 1. The Kier molecular flexibility index (Phi) is 6.28. The first-order valence-corrected chi connectivity index (χ1v) is 11.0. The lowest BCUT2D eigenvalue weighted by molar-refractivity contribution is -0.00522. The van der Waals surface area contributed by atoms with Crippen LogP contribution in [0.1, 0.15) is 46.9 Å². The van der Waals surface area contributed by atoms with Gasteiger partial charge in [-0.2, -0.15) is 0 Å². The fourth-order valence-electron chi connectivity index (χ4n) is 4.36. The lowest BCUT2D eigenvalue weighted by Crippen LogP contribution is -2.45. The molecule has 1 N–H and O–H groups in total. The van der Waals surface area contributed by atoms with Gasteiger partial charge in [-0.1, -0.05) is 11.2 Å². The molecule has 1 saturated heterocycles. The molecule has 1 aliphatic heterocycles. The number of nitrogens with one attached hydrogen (secondary N) is 1. The quantitative estimate of drug-likeness (QED) is 0.648. The van der Waals surface area contributed by atoms with Crippen molar-refractivity contribution in [1.29, 1.82) is 0 Å². The number of rotatable bonds is 5. The SMILES string of the molecule is Cc1cc(-c2ccc(N3C[C@@H](C)O[C@@H](C)C3)cc2CNC(=O)c2conc2C)cc(C)n1. The molecule has 0 saturated carbocycles. The third-order valence-corrected chi connectivity index (χ3v) is 5.70. The third kappa shape index (κ3) is 4.83. The summed E-state index contributed by atoms with van der Waals surface area (Å²) in [6.07, 6.45) is 1.72. The van der Waals surface area contributed by atoms with Crippen LogP contribution in [0.3, 0.4) is 0 Å². The topological polar surface area (TPSA) is 80.5 Å². The molecule has 7 heteroatoms. The van der Waals surface area contributed by atoms with E-state index in [4.69, 9.17) is 9.26 Å². The van der Waals surface area contributed by atoms with Crippen LogP contribution in [-0.4, -0.2) is 41.3 Å². The van der Waals surface area contributed by atoms with Gasteiger partial charge in [0.15, 0.2) is 0 Å². The van der Waals surface area contributed by atoms with E-state index in [-0.39, 0.29) is 18.1 Å². The number of benzene rings is 1. The van der Waals surface area contributed by atoms with Crippen LogP contribution in [0.5, 0.6) is 0 Å². The van der Waals surface area contributed by atoms with Crippen LogP contribution in [0, 0.1) is 20.8 Å². The molecule has 2 aromatic heterocycles. The van der Waals surface area contributed by atoms with Crippen molar-refractivity contribution in [3.63, 3.8) is 0 Å². The average Bonchev–Trinajstić information content (AvgIpc) is 3.16. The zero-order valence-corrected chi connectivity index (χ0v) is 19.3. The Morgan fingerprint density at radius 1 is 1.09 bits per heavy atom. The molecule has 1 aromatic carbocycles. The van der Waals surface area contributed by atoms with Gasteiger partial charge >= 0.3 is 0 Å². The van der Waals surface area contributed by atoms with Crippen LogP contribution >= 0.6 is 0 Å². The van der Waals surface area contributed by atoms with E-state index >= 15 is 0 Å². The largest absolute Gasteiger partial charge is 0.372 e. The number of ether oxygens (including phenoxy) is 1. The van der Waals surface area contributed by atoms with E-state index in [1.807, 2.05) is 13.8 Å². The van der Waals surface area contributed by atoms with Gasteiger partial charge < -0.3 is 19.5 Å². The zero-order valence-electron chi connectivity index (χ0n) is 19.3. The minimum absolute atomic E-state index is 0.170. The highest BCUT2D eigenvalue weighted by Gasteiger charge is 2.23. The molecule has 3 heterocycles. The molecule has 0 radical (unpaired) electrons. The minimum atomic E-state index is -0.198. The Morgan fingerprint density at radius 2 is 1.78 bits per heavy atom. The fourth-order valence-corrected chi connectivity index (χ4v) is 4.36. The summed E-state index contributed by atoms with van der Waals surface area (Å²) in [7, 11) is 0. The molecule has 4 rings (SSSR count). The lowest BCUT2D eigenvalue weighted by atomic mass is 9.97. The number of pyridine rings is 1. The maximum absolute atomic E-state index is 12.7. The number of hydrogen-bond donors (Lipinski definition) is 1. The molecule has 2 atom stereocenters. The number of nitrogens with zero attached hydrogens (tertiary/aromatic N) is 3. The van der Waals surface area contributed by atoms with Gasteiger partial charge in [-0.15, -0.1) is 0 Å². The number of hydrogen-bond acceptors (Lipinski definition) is 6. The molecular weight excluding hydrogens is 404 g/mol. The van der Waals surface area contributed by atoms with Crippen molar-refractivity contribution in [3.05, 3.63) is 64.8 Å². The van der Waals surface area contributed by atoms with E-state index < -0.39 is 0 Å². The van der Waals surface area contributed by atoms with Crippen molar-refractivity contribution < 1.29 is 14.1 Å². The molecule has 1 fully saturated rings. The van der Waals surface area contributed by atoms with E-state index in [2.05, 4.69) is 64.5 Å². The summed E-state index contributed by atoms with van der Waals surface area (Å²) in [5, 5.41) is 6.84. The second-order valence-electron chi connectivity index (χ2n) is 8.64. The highest BCUT2D eigenvalue weighted by atomic mass is 16.5. The Balaban J connectivity index is 1.67. The summed E-state index contributed by atoms with van der Waals surface area (Å²) in [6.45, 7) is 12.0. The van der Waals surface area contributed by atoms with Crippen LogP contribution < -0.4 is 10.2 Å². The number of anilines is 1. The second kappa shape index (κ2) is 9.12. The maximum atomic E-state index is 12.7. The molecule has 32 heavy (non-hydrogen) atoms. The number of carbonyl (C=O) groups is 1. The van der Waals surface area contributed by atoms with Gasteiger partial charge in [-0.3, -0.25) is 9.78 Å². The Hall–Kier alpha value is -3.19. The van der Waals surface area contributed by atoms with Crippen molar-refractivity contribution in [1.82, 2.24) is 15.5 Å². The van der Waals surface area contributed by atoms with E-state index in [1.165, 1.54) is 6.26 Å². The van der Waals surface area contributed by atoms with E-state index in [0.717, 1.165) is 46.9 Å². The van der Waals surface area contributed by atoms with Crippen molar-refractivity contribution >= 4 is 11.6 Å². The smallest absolute Gasteiger partial charge is 0.256 e. The Bertz CT molecular complexity index is 1090. The number of aryl methyl sites for hydroxylation is 3. The normalized spacial score (nSPS) is 18.6. The monoisotopic (exact) mass is 434 g/mol. The van der Waals surface area contributed by atoms with Crippen molar-refractivity contribution in [2.45, 2.75) is 53.4 Å². The zero-order chi connectivity index (χ0) is 22.8. The number of amides is 1. The predicted octanol–water partition coefficient (Wildman–Crippen LogP) is 4.21. The van der Waals surface area contributed by atoms with Gasteiger partial charge in [0, 0.05) is 36.7 Å². The lowest BCUT2D eigenvalue weighted by Gasteiger charge is -2.37. The summed E-state index contributed by atoms with van der Waals surface area (Å²) in [4.78, 5) is 19.5. The molecule has 1 amide bonds. The molecule has 168 valence electrons. The van der Waals surface area contributed by atoms with Crippen LogP contribution in [0.25, 0.3) is 11.1 Å². The summed E-state index contributed by atoms with van der Waals surface area (Å²) < 4.78 is 10.8. The predicted molar refractivity (Wildman–Crippen MR) is 124 cm³/mol. The highest BCUT2D eigenvalue weighted by Crippen LogP contribution is 2.30.